The van der Waals surface area contributed by atoms with Crippen LogP contribution in [0.2, 0.25) is 0 Å². The fraction of sp³-hybridized carbons (Fsp3) is 0.355. The van der Waals surface area contributed by atoms with E-state index in [1.54, 1.807) is 84.9 Å². The second kappa shape index (κ2) is 15.7. The van der Waals surface area contributed by atoms with Crippen molar-refractivity contribution < 1.29 is 37.3 Å². The molecule has 1 aliphatic heterocycles. The lowest BCUT2D eigenvalue weighted by Crippen LogP contribution is -2.62. The third kappa shape index (κ3) is 9.67. The van der Waals surface area contributed by atoms with Gasteiger partial charge >= 0.3 is 5.97 Å². The molecule has 8 nitrogen and oxygen atoms in total. The van der Waals surface area contributed by atoms with E-state index in [0.717, 1.165) is 6.92 Å². The summed E-state index contributed by atoms with van der Waals surface area (Å²) in [5, 5.41) is 8.18. The zero-order valence-electron chi connectivity index (χ0n) is 25.5. The molecule has 224 valence electrons. The van der Waals surface area contributed by atoms with Crippen molar-refractivity contribution in [3.8, 4) is 0 Å². The summed E-state index contributed by atoms with van der Waals surface area (Å²) in [7, 11) is 0. The minimum atomic E-state index is -2.29. The van der Waals surface area contributed by atoms with E-state index in [1.807, 2.05) is 6.07 Å². The van der Waals surface area contributed by atoms with Crippen molar-refractivity contribution in [2.45, 2.75) is 61.2 Å². The van der Waals surface area contributed by atoms with Gasteiger partial charge in [-0.1, -0.05) is 126 Å². The molecule has 4 rings (SSSR count). The number of alkyl halides is 3. The van der Waals surface area contributed by atoms with Crippen LogP contribution < -0.4 is 0 Å². The summed E-state index contributed by atoms with van der Waals surface area (Å²) in [6, 6.07) is 26.1. The topological polar surface area (TPSA) is 96.3 Å². The number of halogens is 3. The van der Waals surface area contributed by atoms with Crippen molar-refractivity contribution in [2.24, 2.45) is 0 Å². The lowest BCUT2D eigenvalue weighted by atomic mass is 9.98. The molecule has 0 bridgehead atoms. The number of carbonyl (C=O) groups is 1. The normalized spacial score (nSPS) is 25.6. The zero-order valence-corrected chi connectivity index (χ0v) is 24.7. The summed E-state index contributed by atoms with van der Waals surface area (Å²) in [5.41, 5.74) is 1.55. The Morgan fingerprint density at radius 2 is 1.26 bits per heavy atom. The van der Waals surface area contributed by atoms with E-state index in [-0.39, 0.29) is 6.61 Å². The second-order valence-corrected chi connectivity index (χ2v) is 11.5. The lowest BCUT2D eigenvalue weighted by Gasteiger charge is -2.45. The van der Waals surface area contributed by atoms with Crippen LogP contribution in [-0.4, -0.2) is 53.0 Å². The number of esters is 1. The van der Waals surface area contributed by atoms with Gasteiger partial charge in [0.15, 0.2) is 6.10 Å². The van der Waals surface area contributed by atoms with Crippen LogP contribution in [-0.2, 0) is 53.0 Å². The Morgan fingerprint density at radius 1 is 0.786 bits per heavy atom. The van der Waals surface area contributed by atoms with Crippen LogP contribution in [0.15, 0.2) is 91.0 Å². The van der Waals surface area contributed by atoms with Crippen LogP contribution >= 0.6 is 34.8 Å². The molecule has 3 aromatic carbocycles. The van der Waals surface area contributed by atoms with Crippen molar-refractivity contribution in [3.63, 3.8) is 0 Å². The molecule has 1 aliphatic rings. The monoisotopic (exact) mass is 638 g/mol. The molecule has 0 amide bonds. The smallest absolute Gasteiger partial charge is 0.303 e. The molecule has 0 spiro atoms. The number of ether oxygens (including phenoxy) is 6. The highest BCUT2D eigenvalue weighted by Gasteiger charge is 2.52. The molecular weight excluding hydrogens is 605 g/mol. The first-order valence-electron chi connectivity index (χ1n) is 14.7. The number of hydrogen-bond acceptors (Lipinski definition) is 8. The molecule has 4 unspecified atom stereocenters. The highest BCUT2D eigenvalue weighted by molar-refractivity contribution is 6.76. The fourth-order valence-electron chi connectivity index (χ4n) is 4.07. The second-order valence-electron chi connectivity index (χ2n) is 9.18. The van der Waals surface area contributed by atoms with E-state index >= 15 is 0 Å². The molecule has 8 atom stereocenters. The van der Waals surface area contributed by atoms with Crippen LogP contribution in [0.25, 0.3) is 0 Å². The van der Waals surface area contributed by atoms with Crippen molar-refractivity contribution in [2.75, 3.05) is 6.61 Å². The predicted octanol–water partition coefficient (Wildman–Crippen LogP) is 6.39. The first-order chi connectivity index (χ1) is 21.4. The molecule has 1 saturated heterocycles. The minimum Gasteiger partial charge on any atom is -0.453 e. The van der Waals surface area contributed by atoms with Crippen molar-refractivity contribution in [1.82, 2.24) is 0 Å². The third-order valence-electron chi connectivity index (χ3n) is 5.99. The molecule has 1 fully saturated rings. The van der Waals surface area contributed by atoms with Crippen molar-refractivity contribution in [1.29, 1.82) is 5.41 Å². The number of carbonyl (C=O) groups excluding carboxylic acids is 1. The molecule has 1 heterocycles. The van der Waals surface area contributed by atoms with E-state index < -0.39 is 66.1 Å². The van der Waals surface area contributed by atoms with E-state index in [1.165, 1.54) is 0 Å². The predicted molar refractivity (Wildman–Crippen MR) is 159 cm³/mol. The standard InChI is InChI=1S/C31H32Cl3NO7/c1-21(36)40-28-27(39-19-24-15-9-4-10-16-24)26(38-18-23-13-7-3-8-14-23)25(20-37-17-22-11-5-2-6-12-22)41-29(28)42-30(35)31(32,33)34/h2-16,25-29,35H,17-20H2,1H3/t25-,26-,27+,28+,29?/m1/s1/i17D,18D,19D/t17?,18?,19?,25-,26-,27+,28+,29?. The molecule has 0 aromatic heterocycles. The first kappa shape index (κ1) is 28.1. The van der Waals surface area contributed by atoms with Gasteiger partial charge in [0.05, 0.1) is 30.5 Å². The number of hydrogen-bond donors (Lipinski definition) is 1. The lowest BCUT2D eigenvalue weighted by molar-refractivity contribution is -0.305. The summed E-state index contributed by atoms with van der Waals surface area (Å²) in [6.07, 6.45) is -6.76. The van der Waals surface area contributed by atoms with Crippen LogP contribution in [0.4, 0.5) is 0 Å². The van der Waals surface area contributed by atoms with Gasteiger partial charge in [-0.3, -0.25) is 10.2 Å². The largest absolute Gasteiger partial charge is 0.453 e. The maximum absolute atomic E-state index is 12.4. The van der Waals surface area contributed by atoms with Crippen molar-refractivity contribution >= 4 is 46.7 Å². The Morgan fingerprint density at radius 3 is 1.74 bits per heavy atom. The average Bonchev–Trinajstić information content (AvgIpc) is 3.03. The zero-order chi connectivity index (χ0) is 32.6. The molecule has 0 saturated carbocycles. The van der Waals surface area contributed by atoms with Gasteiger partial charge in [0.1, 0.15) is 18.3 Å². The molecule has 11 heteroatoms. The fourth-order valence-corrected chi connectivity index (χ4v) is 4.21. The van der Waals surface area contributed by atoms with Gasteiger partial charge in [-0.2, -0.15) is 0 Å². The summed E-state index contributed by atoms with van der Waals surface area (Å²) < 4.78 is 59.4. The van der Waals surface area contributed by atoms with Crippen LogP contribution in [0, 0.1) is 5.41 Å². The third-order valence-corrected chi connectivity index (χ3v) is 6.50. The Hall–Kier alpha value is -2.69. The van der Waals surface area contributed by atoms with Crippen LogP contribution in [0.3, 0.4) is 0 Å². The quantitative estimate of drug-likeness (QED) is 0.106. The van der Waals surface area contributed by atoms with Gasteiger partial charge in [0.2, 0.25) is 12.2 Å². The SMILES string of the molecule is [2H]C(OC[C@H]1OC(OC(=N)C(Cl)(Cl)Cl)[C@@H](OC(C)=O)[C@@H](OC([2H])c2ccccc2)[C@@H]1OC([2H])c1ccccc1)c1ccccc1. The maximum atomic E-state index is 12.4. The van der Waals surface area contributed by atoms with Gasteiger partial charge in [-0.15, -0.1) is 0 Å². The van der Waals surface area contributed by atoms with Gasteiger partial charge < -0.3 is 28.4 Å². The molecule has 42 heavy (non-hydrogen) atoms. The number of benzene rings is 3. The minimum absolute atomic E-state index is 0.295. The molecule has 0 aliphatic carbocycles. The molecule has 1 N–H and O–H groups in total. The van der Waals surface area contributed by atoms with Crippen LogP contribution in [0.5, 0.6) is 0 Å². The van der Waals surface area contributed by atoms with E-state index in [0.29, 0.717) is 16.7 Å². The van der Waals surface area contributed by atoms with Gasteiger partial charge in [0, 0.05) is 6.92 Å². The van der Waals surface area contributed by atoms with Gasteiger partial charge in [0.25, 0.3) is 3.79 Å². The molecule has 3 aromatic rings. The van der Waals surface area contributed by atoms with Gasteiger partial charge in [-0.05, 0) is 16.7 Å². The summed E-state index contributed by atoms with van der Waals surface area (Å²) in [4.78, 5) is 12.4. The Labute approximate surface area is 264 Å². The average molecular weight is 640 g/mol. The van der Waals surface area contributed by atoms with E-state index in [9.17, 15) is 4.79 Å². The molecular formula is C31H32Cl3NO7. The maximum Gasteiger partial charge on any atom is 0.303 e. The number of nitrogens with one attached hydrogen (secondary N) is 1. The summed E-state index contributed by atoms with van der Waals surface area (Å²) >= 11 is 17.7. The van der Waals surface area contributed by atoms with Gasteiger partial charge in [-0.25, -0.2) is 0 Å². The summed E-state index contributed by atoms with van der Waals surface area (Å²) in [6.45, 7) is -2.87. The van der Waals surface area contributed by atoms with E-state index in [2.05, 4.69) is 0 Å². The van der Waals surface area contributed by atoms with Crippen LogP contribution in [0.1, 0.15) is 27.7 Å². The highest BCUT2D eigenvalue weighted by atomic mass is 35.6. The number of rotatable bonds is 12. The highest BCUT2D eigenvalue weighted by Crippen LogP contribution is 2.34. The first-order valence-corrected chi connectivity index (χ1v) is 14.1. The molecule has 0 radical (unpaired) electrons. The Kier molecular flexibility index (Phi) is 10.5. The Balaban J connectivity index is 1.74. The van der Waals surface area contributed by atoms with Crippen molar-refractivity contribution in [3.05, 3.63) is 108 Å². The summed E-state index contributed by atoms with van der Waals surface area (Å²) in [5.74, 6) is -1.59. The Bertz CT molecular complexity index is 1380. The van der Waals surface area contributed by atoms with E-state index in [4.69, 9.17) is 72.7 Å².